The monoisotopic (exact) mass is 418 g/mol. The zero-order valence-corrected chi connectivity index (χ0v) is 17.8. The van der Waals surface area contributed by atoms with E-state index in [0.29, 0.717) is 24.4 Å². The first kappa shape index (κ1) is 22.7. The summed E-state index contributed by atoms with van der Waals surface area (Å²) in [5.74, 6) is 0.634. The molecule has 2 amide bonds. The van der Waals surface area contributed by atoms with Crippen LogP contribution in [0, 0.1) is 5.82 Å². The highest BCUT2D eigenvalue weighted by molar-refractivity contribution is 7.99. The van der Waals surface area contributed by atoms with Gasteiger partial charge >= 0.3 is 0 Å². The van der Waals surface area contributed by atoms with Crippen LogP contribution in [0.25, 0.3) is 0 Å². The highest BCUT2D eigenvalue weighted by Crippen LogP contribution is 2.19. The van der Waals surface area contributed by atoms with Crippen molar-refractivity contribution in [3.8, 4) is 5.75 Å². The SMILES string of the molecule is CCNC(=O)[C@@H](C)N(Cc1ccc(OC)cc1)C(=O)CSCc1ccccc1F. The second kappa shape index (κ2) is 11.5. The minimum atomic E-state index is -0.612. The van der Waals surface area contributed by atoms with Crippen LogP contribution in [-0.2, 0) is 21.9 Å². The van der Waals surface area contributed by atoms with Gasteiger partial charge in [0, 0.05) is 18.8 Å². The average Bonchev–Trinajstić information content (AvgIpc) is 2.73. The molecule has 0 bridgehead atoms. The van der Waals surface area contributed by atoms with E-state index in [-0.39, 0.29) is 23.4 Å². The molecular formula is C22H27FN2O3S. The molecule has 2 aromatic rings. The Morgan fingerprint density at radius 1 is 1.17 bits per heavy atom. The number of likely N-dealkylation sites (N-methyl/N-ethyl adjacent to an activating group) is 1. The fourth-order valence-electron chi connectivity index (χ4n) is 2.78. The smallest absolute Gasteiger partial charge is 0.242 e. The number of benzene rings is 2. The van der Waals surface area contributed by atoms with E-state index in [0.717, 1.165) is 11.3 Å². The minimum Gasteiger partial charge on any atom is -0.497 e. The van der Waals surface area contributed by atoms with E-state index in [1.165, 1.54) is 17.8 Å². The summed E-state index contributed by atoms with van der Waals surface area (Å²) in [6.45, 7) is 4.36. The number of hydrogen-bond donors (Lipinski definition) is 1. The van der Waals surface area contributed by atoms with Crippen LogP contribution in [-0.4, -0.2) is 42.2 Å². The van der Waals surface area contributed by atoms with Crippen molar-refractivity contribution in [1.29, 1.82) is 0 Å². The standard InChI is InChI=1S/C22H27FN2O3S/c1-4-24-22(27)16(2)25(13-17-9-11-19(28-3)12-10-17)21(26)15-29-14-18-7-5-6-8-20(18)23/h5-12,16H,4,13-15H2,1-3H3,(H,24,27)/t16-/m1/s1. The second-order valence-corrected chi connectivity index (χ2v) is 7.51. The van der Waals surface area contributed by atoms with Gasteiger partial charge in [-0.25, -0.2) is 4.39 Å². The third kappa shape index (κ3) is 6.78. The van der Waals surface area contributed by atoms with Gasteiger partial charge in [-0.15, -0.1) is 11.8 Å². The minimum absolute atomic E-state index is 0.161. The van der Waals surface area contributed by atoms with E-state index in [1.54, 1.807) is 37.1 Å². The summed E-state index contributed by atoms with van der Waals surface area (Å²) in [5, 5.41) is 2.76. The third-order valence-electron chi connectivity index (χ3n) is 4.47. The molecule has 0 aliphatic rings. The molecule has 0 saturated carbocycles. The molecule has 1 atom stereocenters. The Morgan fingerprint density at radius 3 is 2.48 bits per heavy atom. The van der Waals surface area contributed by atoms with Crippen LogP contribution in [0.4, 0.5) is 4.39 Å². The van der Waals surface area contributed by atoms with Crippen LogP contribution in [0.2, 0.25) is 0 Å². The largest absolute Gasteiger partial charge is 0.497 e. The van der Waals surface area contributed by atoms with E-state index in [2.05, 4.69) is 5.32 Å². The fraction of sp³-hybridized carbons (Fsp3) is 0.364. The molecule has 0 unspecified atom stereocenters. The van der Waals surface area contributed by atoms with Crippen molar-refractivity contribution in [2.45, 2.75) is 32.2 Å². The number of ether oxygens (including phenoxy) is 1. The number of halogens is 1. The van der Waals surface area contributed by atoms with Gasteiger partial charge in [0.25, 0.3) is 0 Å². The first-order chi connectivity index (χ1) is 14.0. The summed E-state index contributed by atoms with van der Waals surface area (Å²) in [6.07, 6.45) is 0. The Balaban J connectivity index is 2.06. The highest BCUT2D eigenvalue weighted by atomic mass is 32.2. The number of hydrogen-bond acceptors (Lipinski definition) is 4. The normalized spacial score (nSPS) is 11.6. The number of methoxy groups -OCH3 is 1. The van der Waals surface area contributed by atoms with Crippen LogP contribution in [0.1, 0.15) is 25.0 Å². The van der Waals surface area contributed by atoms with E-state index < -0.39 is 6.04 Å². The van der Waals surface area contributed by atoms with Crippen LogP contribution in [0.3, 0.4) is 0 Å². The molecule has 0 aromatic heterocycles. The zero-order chi connectivity index (χ0) is 21.2. The average molecular weight is 419 g/mol. The summed E-state index contributed by atoms with van der Waals surface area (Å²) in [5.41, 5.74) is 1.46. The van der Waals surface area contributed by atoms with Crippen LogP contribution in [0.5, 0.6) is 5.75 Å². The predicted octanol–water partition coefficient (Wildman–Crippen LogP) is 3.62. The topological polar surface area (TPSA) is 58.6 Å². The molecule has 5 nitrogen and oxygen atoms in total. The lowest BCUT2D eigenvalue weighted by Crippen LogP contribution is -2.48. The van der Waals surface area contributed by atoms with Gasteiger partial charge in [-0.1, -0.05) is 30.3 Å². The van der Waals surface area contributed by atoms with E-state index in [9.17, 15) is 14.0 Å². The first-order valence-corrected chi connectivity index (χ1v) is 10.6. The molecule has 0 saturated heterocycles. The molecule has 0 radical (unpaired) electrons. The van der Waals surface area contributed by atoms with Crippen molar-refractivity contribution in [3.63, 3.8) is 0 Å². The Labute approximate surface area is 175 Å². The number of carbonyl (C=O) groups is 2. The number of amides is 2. The van der Waals surface area contributed by atoms with Gasteiger partial charge in [-0.3, -0.25) is 9.59 Å². The van der Waals surface area contributed by atoms with Crippen molar-refractivity contribution < 1.29 is 18.7 Å². The second-order valence-electron chi connectivity index (χ2n) is 6.52. The quantitative estimate of drug-likeness (QED) is 0.640. The number of nitrogens with zero attached hydrogens (tertiary/aromatic N) is 1. The molecule has 0 spiro atoms. The fourth-order valence-corrected chi connectivity index (χ4v) is 3.68. The van der Waals surface area contributed by atoms with Gasteiger partial charge in [-0.05, 0) is 43.2 Å². The molecule has 2 rings (SSSR count). The maximum atomic E-state index is 13.8. The van der Waals surface area contributed by atoms with E-state index in [1.807, 2.05) is 31.2 Å². The lowest BCUT2D eigenvalue weighted by molar-refractivity contribution is -0.138. The maximum Gasteiger partial charge on any atom is 0.242 e. The summed E-state index contributed by atoms with van der Waals surface area (Å²) in [7, 11) is 1.59. The zero-order valence-electron chi connectivity index (χ0n) is 17.0. The van der Waals surface area contributed by atoms with Gasteiger partial charge in [0.15, 0.2) is 0 Å². The Hall–Kier alpha value is -2.54. The van der Waals surface area contributed by atoms with Crippen LogP contribution in [0.15, 0.2) is 48.5 Å². The molecule has 7 heteroatoms. The van der Waals surface area contributed by atoms with E-state index >= 15 is 0 Å². The molecule has 2 aromatic carbocycles. The summed E-state index contributed by atoms with van der Waals surface area (Å²) in [4.78, 5) is 26.8. The number of thioether (sulfide) groups is 1. The van der Waals surface area contributed by atoms with Gasteiger partial charge in [0.05, 0.1) is 12.9 Å². The van der Waals surface area contributed by atoms with Crippen molar-refractivity contribution >= 4 is 23.6 Å². The lowest BCUT2D eigenvalue weighted by Gasteiger charge is -2.28. The molecular weight excluding hydrogens is 391 g/mol. The molecule has 0 aliphatic carbocycles. The molecule has 29 heavy (non-hydrogen) atoms. The predicted molar refractivity (Wildman–Crippen MR) is 114 cm³/mol. The van der Waals surface area contributed by atoms with Crippen molar-refractivity contribution in [3.05, 3.63) is 65.5 Å². The number of rotatable bonds is 10. The number of nitrogens with one attached hydrogen (secondary N) is 1. The van der Waals surface area contributed by atoms with Gasteiger partial charge in [0.2, 0.25) is 11.8 Å². The van der Waals surface area contributed by atoms with Crippen LogP contribution < -0.4 is 10.1 Å². The molecule has 156 valence electrons. The number of carbonyl (C=O) groups excluding carboxylic acids is 2. The van der Waals surface area contributed by atoms with Crippen molar-refractivity contribution in [1.82, 2.24) is 10.2 Å². The van der Waals surface area contributed by atoms with Crippen molar-refractivity contribution in [2.24, 2.45) is 0 Å². The highest BCUT2D eigenvalue weighted by Gasteiger charge is 2.25. The third-order valence-corrected chi connectivity index (χ3v) is 5.44. The van der Waals surface area contributed by atoms with Gasteiger partial charge in [-0.2, -0.15) is 0 Å². The summed E-state index contributed by atoms with van der Waals surface area (Å²) < 4.78 is 18.9. The lowest BCUT2D eigenvalue weighted by atomic mass is 10.1. The van der Waals surface area contributed by atoms with Gasteiger partial charge < -0.3 is 15.0 Å². The van der Waals surface area contributed by atoms with E-state index in [4.69, 9.17) is 4.74 Å². The summed E-state index contributed by atoms with van der Waals surface area (Å²) in [6, 6.07) is 13.3. The Bertz CT molecular complexity index is 814. The van der Waals surface area contributed by atoms with Crippen molar-refractivity contribution in [2.75, 3.05) is 19.4 Å². The van der Waals surface area contributed by atoms with Crippen LogP contribution >= 0.6 is 11.8 Å². The molecule has 0 aliphatic heterocycles. The molecule has 0 fully saturated rings. The van der Waals surface area contributed by atoms with Gasteiger partial charge in [0.1, 0.15) is 17.6 Å². The molecule has 0 heterocycles. The maximum absolute atomic E-state index is 13.8. The first-order valence-electron chi connectivity index (χ1n) is 9.47. The molecule has 1 N–H and O–H groups in total. The summed E-state index contributed by atoms with van der Waals surface area (Å²) >= 11 is 1.33. The Morgan fingerprint density at radius 2 is 1.86 bits per heavy atom. The Kier molecular flexibility index (Phi) is 8.99.